The molecule has 0 amide bonds. The lowest BCUT2D eigenvalue weighted by Gasteiger charge is -2.33. The van der Waals surface area contributed by atoms with Crippen LogP contribution in [0.3, 0.4) is 0 Å². The highest BCUT2D eigenvalue weighted by atomic mass is 14.3. The predicted octanol–water partition coefficient (Wildman–Crippen LogP) is 12.1. The molecule has 0 aliphatic heterocycles. The molecule has 0 nitrogen and oxygen atoms in total. The van der Waals surface area contributed by atoms with Crippen molar-refractivity contribution in [1.29, 1.82) is 0 Å². The molecular weight excluding hydrogens is 480 g/mol. The van der Waals surface area contributed by atoms with Crippen LogP contribution < -0.4 is 0 Å². The Hall–Kier alpha value is -2.78. The van der Waals surface area contributed by atoms with Crippen LogP contribution in [0.2, 0.25) is 0 Å². The van der Waals surface area contributed by atoms with Gasteiger partial charge in [0.1, 0.15) is 0 Å². The number of rotatable bonds is 10. The van der Waals surface area contributed by atoms with E-state index in [1.54, 1.807) is 16.7 Å². The van der Waals surface area contributed by atoms with Crippen LogP contribution in [0.15, 0.2) is 106 Å². The average Bonchev–Trinajstić information content (AvgIpc) is 2.85. The van der Waals surface area contributed by atoms with E-state index in [4.69, 9.17) is 0 Å². The summed E-state index contributed by atoms with van der Waals surface area (Å²) in [7, 11) is 0. The van der Waals surface area contributed by atoms with Crippen molar-refractivity contribution in [2.75, 3.05) is 0 Å². The first-order valence-corrected chi connectivity index (χ1v) is 15.4. The topological polar surface area (TPSA) is 0 Å². The van der Waals surface area contributed by atoms with E-state index in [0.29, 0.717) is 11.3 Å². The van der Waals surface area contributed by atoms with Crippen molar-refractivity contribution >= 4 is 0 Å². The van der Waals surface area contributed by atoms with Crippen LogP contribution in [0.4, 0.5) is 0 Å². The quantitative estimate of drug-likeness (QED) is 0.148. The number of hydrogen-bond acceptors (Lipinski definition) is 0. The molecule has 0 heterocycles. The second kappa shape index (κ2) is 15.9. The van der Waals surface area contributed by atoms with Gasteiger partial charge in [0.2, 0.25) is 0 Å². The van der Waals surface area contributed by atoms with Crippen molar-refractivity contribution in [2.45, 2.75) is 114 Å². The molecule has 0 saturated heterocycles. The summed E-state index contributed by atoms with van der Waals surface area (Å²) >= 11 is 0. The van der Waals surface area contributed by atoms with Gasteiger partial charge in [-0.2, -0.15) is 0 Å². The van der Waals surface area contributed by atoms with Crippen LogP contribution in [0.1, 0.15) is 114 Å². The van der Waals surface area contributed by atoms with E-state index < -0.39 is 0 Å². The summed E-state index contributed by atoms with van der Waals surface area (Å²) in [6.07, 6.45) is 32.6. The average molecular weight is 537 g/mol. The normalized spacial score (nSPS) is 21.1. The highest BCUT2D eigenvalue weighted by Gasteiger charge is 2.26. The molecule has 0 aromatic heterocycles. The van der Waals surface area contributed by atoms with E-state index in [1.165, 1.54) is 36.0 Å². The lowest BCUT2D eigenvalue weighted by molar-refractivity contribution is 0.376. The lowest BCUT2D eigenvalue weighted by atomic mass is 9.72. The SMILES string of the molecule is CC1=C(CC/C(C)=C/C=C/C(C)=C\C=C/C=C(\C)C#CCC(C)/C=C/C2=C(C)CCCC2(C)C)C(C)(C)C=CC1. The summed E-state index contributed by atoms with van der Waals surface area (Å²) < 4.78 is 0. The smallest absolute Gasteiger partial charge is 0.0153 e. The van der Waals surface area contributed by atoms with Crippen LogP contribution in [-0.2, 0) is 0 Å². The summed E-state index contributed by atoms with van der Waals surface area (Å²) in [5.74, 6) is 7.15. The Morgan fingerprint density at radius 1 is 0.975 bits per heavy atom. The minimum atomic E-state index is 0.196. The fourth-order valence-electron chi connectivity index (χ4n) is 5.80. The molecule has 216 valence electrons. The largest absolute Gasteiger partial charge is 0.0976 e. The van der Waals surface area contributed by atoms with Crippen LogP contribution in [0.5, 0.6) is 0 Å². The standard InChI is InChI=1S/C40H56/c1-31(19-13-21-33(3)25-27-37-35(5)23-15-29-39(37,7)8)17-11-12-18-32(2)20-14-22-34(4)26-28-38-36(6)24-16-30-40(38,9)10/h11-13,15,17-19,21,26,28-29,34H,16,22-25,27,30H2,1-10H3/b12-11-,19-13+,28-26+,31-17-,32-18+,33-21+. The van der Waals surface area contributed by atoms with Gasteiger partial charge in [-0.15, -0.1) is 0 Å². The van der Waals surface area contributed by atoms with Crippen molar-refractivity contribution in [3.8, 4) is 11.8 Å². The Labute approximate surface area is 248 Å². The van der Waals surface area contributed by atoms with E-state index >= 15 is 0 Å². The molecular formula is C40H56. The van der Waals surface area contributed by atoms with E-state index in [2.05, 4.69) is 148 Å². The maximum absolute atomic E-state index is 3.37. The molecule has 40 heavy (non-hydrogen) atoms. The highest BCUT2D eigenvalue weighted by molar-refractivity contribution is 5.35. The first-order valence-electron chi connectivity index (χ1n) is 15.4. The second-order valence-electron chi connectivity index (χ2n) is 13.4. The number of allylic oxidation sites excluding steroid dienone is 18. The molecule has 0 aromatic carbocycles. The molecule has 1 atom stereocenters. The molecule has 0 bridgehead atoms. The van der Waals surface area contributed by atoms with Crippen molar-refractivity contribution in [3.05, 3.63) is 106 Å². The van der Waals surface area contributed by atoms with E-state index in [9.17, 15) is 0 Å². The molecule has 0 fully saturated rings. The monoisotopic (exact) mass is 536 g/mol. The Morgan fingerprint density at radius 2 is 1.70 bits per heavy atom. The third kappa shape index (κ3) is 11.4. The van der Waals surface area contributed by atoms with E-state index in [0.717, 1.165) is 31.3 Å². The van der Waals surface area contributed by atoms with Crippen molar-refractivity contribution in [1.82, 2.24) is 0 Å². The van der Waals surface area contributed by atoms with Crippen LogP contribution in [0, 0.1) is 28.6 Å². The van der Waals surface area contributed by atoms with Gasteiger partial charge in [0.25, 0.3) is 0 Å². The highest BCUT2D eigenvalue weighted by Crippen LogP contribution is 2.41. The van der Waals surface area contributed by atoms with E-state index in [1.807, 2.05) is 0 Å². The Bertz CT molecular complexity index is 1210. The summed E-state index contributed by atoms with van der Waals surface area (Å²) in [6.45, 7) is 22.8. The molecule has 2 aliphatic rings. The molecule has 0 heteroatoms. The molecule has 0 radical (unpaired) electrons. The maximum atomic E-state index is 3.37. The van der Waals surface area contributed by atoms with E-state index in [-0.39, 0.29) is 5.41 Å². The van der Waals surface area contributed by atoms with Gasteiger partial charge < -0.3 is 0 Å². The van der Waals surface area contributed by atoms with Gasteiger partial charge in [-0.3, -0.25) is 0 Å². The molecule has 0 aromatic rings. The Balaban J connectivity index is 1.81. The summed E-state index contributed by atoms with van der Waals surface area (Å²) in [5, 5.41) is 0. The fourth-order valence-corrected chi connectivity index (χ4v) is 5.80. The maximum Gasteiger partial charge on any atom is 0.0153 e. The summed E-state index contributed by atoms with van der Waals surface area (Å²) in [4.78, 5) is 0. The molecule has 0 N–H and O–H groups in total. The van der Waals surface area contributed by atoms with Crippen molar-refractivity contribution in [3.63, 3.8) is 0 Å². The number of hydrogen-bond donors (Lipinski definition) is 0. The minimum Gasteiger partial charge on any atom is -0.0976 e. The van der Waals surface area contributed by atoms with Gasteiger partial charge in [-0.05, 0) is 95.6 Å². The fraction of sp³-hybridized carbons (Fsp3) is 0.500. The Kier molecular flexibility index (Phi) is 13.3. The van der Waals surface area contributed by atoms with Crippen molar-refractivity contribution in [2.24, 2.45) is 16.7 Å². The summed E-state index contributed by atoms with van der Waals surface area (Å²) in [5.41, 5.74) is 10.5. The first-order chi connectivity index (χ1) is 18.8. The van der Waals surface area contributed by atoms with Crippen LogP contribution >= 0.6 is 0 Å². The third-order valence-electron chi connectivity index (χ3n) is 8.42. The molecule has 0 spiro atoms. The summed E-state index contributed by atoms with van der Waals surface area (Å²) in [6, 6.07) is 0. The molecule has 2 rings (SSSR count). The van der Waals surface area contributed by atoms with Crippen LogP contribution in [0.25, 0.3) is 0 Å². The molecule has 2 aliphatic carbocycles. The predicted molar refractivity (Wildman–Crippen MR) is 180 cm³/mol. The molecule has 0 saturated carbocycles. The zero-order chi connectivity index (χ0) is 29.8. The third-order valence-corrected chi connectivity index (χ3v) is 8.42. The van der Waals surface area contributed by atoms with Gasteiger partial charge >= 0.3 is 0 Å². The van der Waals surface area contributed by atoms with Gasteiger partial charge in [-0.25, -0.2) is 0 Å². The zero-order valence-electron chi connectivity index (χ0n) is 27.4. The zero-order valence-corrected chi connectivity index (χ0v) is 27.4. The van der Waals surface area contributed by atoms with Gasteiger partial charge in [-0.1, -0.05) is 141 Å². The molecule has 1 unspecified atom stereocenters. The minimum absolute atomic E-state index is 0.196. The van der Waals surface area contributed by atoms with Gasteiger partial charge in [0.15, 0.2) is 0 Å². The van der Waals surface area contributed by atoms with Gasteiger partial charge in [0, 0.05) is 11.8 Å². The second-order valence-corrected chi connectivity index (χ2v) is 13.4. The van der Waals surface area contributed by atoms with Crippen LogP contribution in [-0.4, -0.2) is 0 Å². The lowest BCUT2D eigenvalue weighted by Crippen LogP contribution is -2.19. The van der Waals surface area contributed by atoms with Gasteiger partial charge in [0.05, 0.1) is 0 Å². The Morgan fingerprint density at radius 3 is 2.40 bits per heavy atom. The first kappa shape index (κ1) is 33.4. The van der Waals surface area contributed by atoms with Crippen molar-refractivity contribution < 1.29 is 0 Å².